The number of alkyl halides is 1. The highest BCUT2D eigenvalue weighted by Crippen LogP contribution is 2.26. The second-order valence-electron chi connectivity index (χ2n) is 3.58. The molecule has 18 heavy (non-hydrogen) atoms. The van der Waals surface area contributed by atoms with E-state index in [1.807, 2.05) is 0 Å². The first-order valence-corrected chi connectivity index (χ1v) is 6.15. The van der Waals surface area contributed by atoms with E-state index in [-0.39, 0.29) is 10.6 Å². The molecule has 1 aromatic carbocycles. The number of ether oxygens (including phenoxy) is 1. The Kier molecular flexibility index (Phi) is 5.09. The number of rotatable bonds is 5. The van der Waals surface area contributed by atoms with Gasteiger partial charge in [-0.1, -0.05) is 28.1 Å². The second kappa shape index (κ2) is 6.35. The number of benzene rings is 1. The average molecular weight is 313 g/mol. The van der Waals surface area contributed by atoms with Gasteiger partial charge in [-0.3, -0.25) is 4.79 Å². The summed E-state index contributed by atoms with van der Waals surface area (Å²) in [6.07, 6.45) is 2.37. The van der Waals surface area contributed by atoms with Crippen molar-refractivity contribution in [3.63, 3.8) is 0 Å². The van der Waals surface area contributed by atoms with E-state index in [1.54, 1.807) is 25.1 Å². The predicted octanol–water partition coefficient (Wildman–Crippen LogP) is 2.76. The van der Waals surface area contributed by atoms with Gasteiger partial charge in [-0.05, 0) is 24.6 Å². The Bertz CT molecular complexity index is 492. The van der Waals surface area contributed by atoms with Crippen LogP contribution in [-0.4, -0.2) is 28.8 Å². The van der Waals surface area contributed by atoms with Crippen LogP contribution in [0.5, 0.6) is 5.75 Å². The molecule has 0 aromatic heterocycles. The molecular weight excluding hydrogens is 300 g/mol. The van der Waals surface area contributed by atoms with Crippen molar-refractivity contribution >= 4 is 33.8 Å². The molecule has 1 rings (SSSR count). The lowest BCUT2D eigenvalue weighted by molar-refractivity contribution is -0.131. The third-order valence-electron chi connectivity index (χ3n) is 2.29. The van der Waals surface area contributed by atoms with Gasteiger partial charge in [-0.15, -0.1) is 0 Å². The second-order valence-corrected chi connectivity index (χ2v) is 4.95. The van der Waals surface area contributed by atoms with Crippen molar-refractivity contribution in [1.82, 2.24) is 0 Å². The molecule has 0 saturated carbocycles. The summed E-state index contributed by atoms with van der Waals surface area (Å²) < 4.78 is 5.14. The quantitative estimate of drug-likeness (QED) is 0.516. The summed E-state index contributed by atoms with van der Waals surface area (Å²) in [7, 11) is 1.47. The number of halogens is 1. The monoisotopic (exact) mass is 312 g/mol. The SMILES string of the molecule is COc1cccc(C=CC(=O)O)c1C(=O)C(C)Br. The van der Waals surface area contributed by atoms with E-state index in [4.69, 9.17) is 9.84 Å². The number of Topliss-reactive ketones (excluding diaryl/α,β-unsaturated/α-hetero) is 1. The molecule has 0 spiro atoms. The van der Waals surface area contributed by atoms with Crippen molar-refractivity contribution in [2.24, 2.45) is 0 Å². The number of carbonyl (C=O) groups excluding carboxylic acids is 1. The predicted molar refractivity (Wildman–Crippen MR) is 72.4 cm³/mol. The number of methoxy groups -OCH3 is 1. The standard InChI is InChI=1S/C13H13BrO4/c1-8(14)13(17)12-9(6-7-11(15)16)4-3-5-10(12)18-2/h3-8H,1-2H3,(H,15,16). The molecular formula is C13H13BrO4. The van der Waals surface area contributed by atoms with Crippen LogP contribution in [0.15, 0.2) is 24.3 Å². The summed E-state index contributed by atoms with van der Waals surface area (Å²) in [6.45, 7) is 1.71. The smallest absolute Gasteiger partial charge is 0.328 e. The van der Waals surface area contributed by atoms with Crippen molar-refractivity contribution < 1.29 is 19.4 Å². The first-order chi connectivity index (χ1) is 8.47. The number of carbonyl (C=O) groups is 2. The van der Waals surface area contributed by atoms with Crippen LogP contribution in [0.1, 0.15) is 22.8 Å². The van der Waals surface area contributed by atoms with E-state index in [0.717, 1.165) is 6.08 Å². The minimum Gasteiger partial charge on any atom is -0.496 e. The van der Waals surface area contributed by atoms with Crippen molar-refractivity contribution in [3.8, 4) is 5.75 Å². The average Bonchev–Trinajstić information content (AvgIpc) is 2.34. The fraction of sp³-hybridized carbons (Fsp3) is 0.231. The molecule has 0 heterocycles. The van der Waals surface area contributed by atoms with Crippen LogP contribution in [0.2, 0.25) is 0 Å². The molecule has 1 atom stereocenters. The molecule has 5 heteroatoms. The minimum atomic E-state index is -1.07. The highest BCUT2D eigenvalue weighted by molar-refractivity contribution is 9.10. The Morgan fingerprint density at radius 1 is 1.44 bits per heavy atom. The highest BCUT2D eigenvalue weighted by atomic mass is 79.9. The first kappa shape index (κ1) is 14.4. The number of hydrogen-bond acceptors (Lipinski definition) is 3. The van der Waals surface area contributed by atoms with E-state index in [9.17, 15) is 9.59 Å². The van der Waals surface area contributed by atoms with Crippen LogP contribution in [0, 0.1) is 0 Å². The van der Waals surface area contributed by atoms with E-state index in [2.05, 4.69) is 15.9 Å². The van der Waals surface area contributed by atoms with Gasteiger partial charge in [0, 0.05) is 6.08 Å². The molecule has 0 aliphatic heterocycles. The Morgan fingerprint density at radius 2 is 2.11 bits per heavy atom. The number of ketones is 1. The molecule has 0 saturated heterocycles. The maximum Gasteiger partial charge on any atom is 0.328 e. The van der Waals surface area contributed by atoms with Gasteiger partial charge in [-0.2, -0.15) is 0 Å². The summed E-state index contributed by atoms with van der Waals surface area (Å²) in [4.78, 5) is 22.2. The van der Waals surface area contributed by atoms with Gasteiger partial charge in [0.25, 0.3) is 0 Å². The Hall–Kier alpha value is -1.62. The molecule has 0 bridgehead atoms. The van der Waals surface area contributed by atoms with E-state index in [1.165, 1.54) is 13.2 Å². The Morgan fingerprint density at radius 3 is 2.61 bits per heavy atom. The van der Waals surface area contributed by atoms with Gasteiger partial charge < -0.3 is 9.84 Å². The summed E-state index contributed by atoms with van der Waals surface area (Å²) in [5.41, 5.74) is 0.898. The van der Waals surface area contributed by atoms with Crippen LogP contribution in [0.3, 0.4) is 0 Å². The molecule has 0 aliphatic rings. The third kappa shape index (κ3) is 3.43. The molecule has 1 unspecified atom stereocenters. The molecule has 4 nitrogen and oxygen atoms in total. The van der Waals surface area contributed by atoms with Gasteiger partial charge in [0.1, 0.15) is 5.75 Å². The third-order valence-corrected chi connectivity index (χ3v) is 2.71. The lowest BCUT2D eigenvalue weighted by Gasteiger charge is -2.11. The highest BCUT2D eigenvalue weighted by Gasteiger charge is 2.19. The van der Waals surface area contributed by atoms with Crippen molar-refractivity contribution in [3.05, 3.63) is 35.4 Å². The summed E-state index contributed by atoms with van der Waals surface area (Å²) in [5, 5.41) is 8.63. The molecule has 0 radical (unpaired) electrons. The molecule has 1 aromatic rings. The molecule has 0 amide bonds. The van der Waals surface area contributed by atoms with Crippen LogP contribution in [-0.2, 0) is 4.79 Å². The number of carboxylic acids is 1. The maximum atomic E-state index is 12.1. The zero-order valence-corrected chi connectivity index (χ0v) is 11.6. The van der Waals surface area contributed by atoms with Crippen molar-refractivity contribution in [2.75, 3.05) is 7.11 Å². The Balaban J connectivity index is 3.33. The number of aliphatic carboxylic acids is 1. The van der Waals surface area contributed by atoms with Gasteiger partial charge in [0.15, 0.2) is 5.78 Å². The van der Waals surface area contributed by atoms with Crippen molar-refractivity contribution in [2.45, 2.75) is 11.8 Å². The van der Waals surface area contributed by atoms with Gasteiger partial charge >= 0.3 is 5.97 Å². The van der Waals surface area contributed by atoms with Crippen LogP contribution in [0.25, 0.3) is 6.08 Å². The fourth-order valence-electron chi connectivity index (χ4n) is 1.48. The molecule has 96 valence electrons. The first-order valence-electron chi connectivity index (χ1n) is 5.23. The zero-order chi connectivity index (χ0) is 13.7. The zero-order valence-electron chi connectivity index (χ0n) is 10.0. The molecule has 1 N–H and O–H groups in total. The summed E-state index contributed by atoms with van der Waals surface area (Å²) >= 11 is 3.21. The lowest BCUT2D eigenvalue weighted by atomic mass is 10.0. The normalized spacial score (nSPS) is 12.4. The van der Waals surface area contributed by atoms with Crippen LogP contribution < -0.4 is 4.74 Å². The molecule has 0 aliphatic carbocycles. The topological polar surface area (TPSA) is 63.6 Å². The lowest BCUT2D eigenvalue weighted by Crippen LogP contribution is -2.13. The van der Waals surface area contributed by atoms with E-state index < -0.39 is 5.97 Å². The van der Waals surface area contributed by atoms with E-state index in [0.29, 0.717) is 16.9 Å². The van der Waals surface area contributed by atoms with Gasteiger partial charge in [0.2, 0.25) is 0 Å². The summed E-state index contributed by atoms with van der Waals surface area (Å²) in [6, 6.07) is 5.04. The summed E-state index contributed by atoms with van der Waals surface area (Å²) in [5.74, 6) is -0.792. The van der Waals surface area contributed by atoms with Crippen LogP contribution >= 0.6 is 15.9 Å². The fourth-order valence-corrected chi connectivity index (χ4v) is 1.71. The largest absolute Gasteiger partial charge is 0.496 e. The van der Waals surface area contributed by atoms with Gasteiger partial charge in [0.05, 0.1) is 17.5 Å². The molecule has 0 fully saturated rings. The number of carboxylic acid groups (broad SMARTS) is 1. The van der Waals surface area contributed by atoms with Crippen LogP contribution in [0.4, 0.5) is 0 Å². The minimum absolute atomic E-state index is 0.155. The number of hydrogen-bond donors (Lipinski definition) is 1. The van der Waals surface area contributed by atoms with E-state index >= 15 is 0 Å². The van der Waals surface area contributed by atoms with Gasteiger partial charge in [-0.25, -0.2) is 4.79 Å². The van der Waals surface area contributed by atoms with Crippen molar-refractivity contribution in [1.29, 1.82) is 0 Å². The maximum absolute atomic E-state index is 12.1. The Labute approximate surface area is 113 Å².